The number of ether oxygens (including phenoxy) is 1. The summed E-state index contributed by atoms with van der Waals surface area (Å²) < 4.78 is 34.7. The standard InChI is InChI=1S/C11H10O8S.Na/c12-9(13)6-8(20(16,17)18)11(15)19-10(14)7-4-2-1-3-5-7;/h1-5,8H,6H2,(H,12,13)(H,16,17,18);/q;+1/p-1. The molecule has 108 valence electrons. The first kappa shape index (κ1) is 19.7. The summed E-state index contributed by atoms with van der Waals surface area (Å²) in [6.07, 6.45) is -1.32. The molecule has 0 saturated heterocycles. The fraction of sp³-hybridized carbons (Fsp3) is 0.182. The van der Waals surface area contributed by atoms with E-state index in [2.05, 4.69) is 4.74 Å². The summed E-state index contributed by atoms with van der Waals surface area (Å²) >= 11 is 0. The van der Waals surface area contributed by atoms with E-state index in [4.69, 9.17) is 4.55 Å². The van der Waals surface area contributed by atoms with Crippen molar-refractivity contribution in [3.63, 3.8) is 0 Å². The second-order valence-electron chi connectivity index (χ2n) is 3.65. The Morgan fingerprint density at radius 3 is 2.14 bits per heavy atom. The molecule has 21 heavy (non-hydrogen) atoms. The molecular weight excluding hydrogens is 315 g/mol. The first-order valence-corrected chi connectivity index (χ1v) is 6.69. The Labute approximate surface area is 142 Å². The fourth-order valence-corrected chi connectivity index (χ4v) is 1.89. The van der Waals surface area contributed by atoms with Gasteiger partial charge in [-0.2, -0.15) is 8.42 Å². The number of esters is 2. The monoisotopic (exact) mass is 324 g/mol. The minimum absolute atomic E-state index is 0. The summed E-state index contributed by atoms with van der Waals surface area (Å²) in [7, 11) is -5.03. The van der Waals surface area contributed by atoms with Crippen LogP contribution in [0.2, 0.25) is 0 Å². The first-order valence-electron chi connectivity index (χ1n) is 5.19. The summed E-state index contributed by atoms with van der Waals surface area (Å²) in [5.74, 6) is -4.75. The number of hydrogen-bond donors (Lipinski definition) is 1. The van der Waals surface area contributed by atoms with Crippen molar-refractivity contribution in [2.45, 2.75) is 11.7 Å². The molecule has 1 aromatic carbocycles. The van der Waals surface area contributed by atoms with Gasteiger partial charge in [0.15, 0.2) is 5.25 Å². The molecule has 0 fully saturated rings. The van der Waals surface area contributed by atoms with Gasteiger partial charge in [0.05, 0.1) is 5.56 Å². The molecule has 8 nitrogen and oxygen atoms in total. The predicted molar refractivity (Wildman–Crippen MR) is 61.8 cm³/mol. The normalized spacial score (nSPS) is 11.9. The van der Waals surface area contributed by atoms with Gasteiger partial charge >= 0.3 is 41.5 Å². The van der Waals surface area contributed by atoms with E-state index in [-0.39, 0.29) is 35.1 Å². The molecule has 1 atom stereocenters. The van der Waals surface area contributed by atoms with E-state index >= 15 is 0 Å². The average molecular weight is 324 g/mol. The molecule has 0 aromatic heterocycles. The van der Waals surface area contributed by atoms with Crippen LogP contribution < -0.4 is 34.7 Å². The third kappa shape index (κ3) is 6.36. The van der Waals surface area contributed by atoms with Crippen LogP contribution in [-0.4, -0.2) is 36.1 Å². The number of aliphatic carboxylic acids is 1. The SMILES string of the molecule is O=C([O-])CC(C(=O)OC(=O)c1ccccc1)S(=O)(=O)O.[Na+]. The van der Waals surface area contributed by atoms with Crippen LogP contribution >= 0.6 is 0 Å². The van der Waals surface area contributed by atoms with Crippen molar-refractivity contribution in [2.24, 2.45) is 0 Å². The number of benzene rings is 1. The Morgan fingerprint density at radius 1 is 1.19 bits per heavy atom. The molecule has 0 spiro atoms. The molecule has 0 radical (unpaired) electrons. The van der Waals surface area contributed by atoms with E-state index in [1.54, 1.807) is 6.07 Å². The molecule has 10 heteroatoms. The summed E-state index contributed by atoms with van der Waals surface area (Å²) in [5.41, 5.74) is -0.0385. The molecule has 0 aliphatic heterocycles. The third-order valence-corrected chi connectivity index (χ3v) is 3.26. The topological polar surface area (TPSA) is 138 Å². The number of rotatable bonds is 5. The van der Waals surface area contributed by atoms with Crippen molar-refractivity contribution < 1.29 is 66.8 Å². The van der Waals surface area contributed by atoms with Gasteiger partial charge in [-0.3, -0.25) is 9.35 Å². The van der Waals surface area contributed by atoms with Gasteiger partial charge in [0, 0.05) is 12.4 Å². The Bertz CT molecular complexity index is 625. The van der Waals surface area contributed by atoms with Crippen LogP contribution in [0, 0.1) is 0 Å². The predicted octanol–water partition coefficient (Wildman–Crippen LogP) is -4.23. The van der Waals surface area contributed by atoms with Crippen molar-refractivity contribution in [1.29, 1.82) is 0 Å². The van der Waals surface area contributed by atoms with E-state index in [1.165, 1.54) is 24.3 Å². The molecule has 0 saturated carbocycles. The van der Waals surface area contributed by atoms with Gasteiger partial charge < -0.3 is 14.6 Å². The van der Waals surface area contributed by atoms with Crippen molar-refractivity contribution in [2.75, 3.05) is 0 Å². The minimum Gasteiger partial charge on any atom is -0.550 e. The molecule has 0 heterocycles. The summed E-state index contributed by atoms with van der Waals surface area (Å²) in [4.78, 5) is 33.3. The minimum atomic E-state index is -5.03. The number of carbonyl (C=O) groups excluding carboxylic acids is 3. The van der Waals surface area contributed by atoms with E-state index in [9.17, 15) is 27.9 Å². The van der Waals surface area contributed by atoms with Crippen molar-refractivity contribution in [1.82, 2.24) is 0 Å². The van der Waals surface area contributed by atoms with Gasteiger partial charge in [-0.25, -0.2) is 4.79 Å². The van der Waals surface area contributed by atoms with E-state index in [1.807, 2.05) is 0 Å². The first-order chi connectivity index (χ1) is 9.21. The van der Waals surface area contributed by atoms with Gasteiger partial charge in [0.25, 0.3) is 10.1 Å². The molecule has 0 aliphatic carbocycles. The van der Waals surface area contributed by atoms with Crippen LogP contribution in [0.1, 0.15) is 16.8 Å². The molecular formula is C11H9NaO8S. The third-order valence-electron chi connectivity index (χ3n) is 2.18. The van der Waals surface area contributed by atoms with Gasteiger partial charge in [-0.1, -0.05) is 18.2 Å². The number of carbonyl (C=O) groups is 3. The average Bonchev–Trinajstić information content (AvgIpc) is 2.35. The summed E-state index contributed by atoms with van der Waals surface area (Å²) in [6.45, 7) is 0. The zero-order valence-corrected chi connectivity index (χ0v) is 13.7. The van der Waals surface area contributed by atoms with Crippen LogP contribution in [0.15, 0.2) is 30.3 Å². The summed E-state index contributed by atoms with van der Waals surface area (Å²) in [5, 5.41) is 7.92. The van der Waals surface area contributed by atoms with Crippen LogP contribution in [0.4, 0.5) is 0 Å². The molecule has 1 unspecified atom stereocenters. The van der Waals surface area contributed by atoms with E-state index in [0.717, 1.165) is 0 Å². The quantitative estimate of drug-likeness (QED) is 0.249. The van der Waals surface area contributed by atoms with Gasteiger partial charge in [-0.15, -0.1) is 0 Å². The smallest absolute Gasteiger partial charge is 0.550 e. The molecule has 0 amide bonds. The van der Waals surface area contributed by atoms with Gasteiger partial charge in [-0.05, 0) is 12.1 Å². The van der Waals surface area contributed by atoms with Crippen molar-refractivity contribution in [3.05, 3.63) is 35.9 Å². The van der Waals surface area contributed by atoms with E-state index in [0.29, 0.717) is 0 Å². The number of carboxylic acid groups (broad SMARTS) is 1. The maximum atomic E-state index is 11.5. The van der Waals surface area contributed by atoms with Crippen molar-refractivity contribution in [3.8, 4) is 0 Å². The van der Waals surface area contributed by atoms with E-state index < -0.39 is 39.7 Å². The molecule has 0 bridgehead atoms. The van der Waals surface area contributed by atoms with Gasteiger partial charge in [0.1, 0.15) is 0 Å². The summed E-state index contributed by atoms with van der Waals surface area (Å²) in [6, 6.07) is 7.15. The maximum absolute atomic E-state index is 11.5. The molecule has 0 aliphatic rings. The van der Waals surface area contributed by atoms with Crippen LogP contribution in [0.5, 0.6) is 0 Å². The van der Waals surface area contributed by atoms with Crippen LogP contribution in [-0.2, 0) is 24.4 Å². The Kier molecular flexibility index (Phi) is 7.75. The number of carboxylic acids is 1. The Morgan fingerprint density at radius 2 is 1.71 bits per heavy atom. The Balaban J connectivity index is 0.00000400. The Hall–Kier alpha value is -1.26. The zero-order chi connectivity index (χ0) is 15.3. The van der Waals surface area contributed by atoms with Crippen molar-refractivity contribution >= 4 is 28.0 Å². The largest absolute Gasteiger partial charge is 1.00 e. The van der Waals surface area contributed by atoms with Crippen LogP contribution in [0.3, 0.4) is 0 Å². The fourth-order valence-electron chi connectivity index (χ4n) is 1.25. The second-order valence-corrected chi connectivity index (χ2v) is 5.25. The number of hydrogen-bond acceptors (Lipinski definition) is 7. The zero-order valence-electron chi connectivity index (χ0n) is 10.9. The van der Waals surface area contributed by atoms with Gasteiger partial charge in [0.2, 0.25) is 0 Å². The molecule has 1 rings (SSSR count). The second kappa shape index (κ2) is 8.25. The molecule has 1 N–H and O–H groups in total. The maximum Gasteiger partial charge on any atom is 1.00 e. The van der Waals surface area contributed by atoms with Crippen LogP contribution in [0.25, 0.3) is 0 Å². The molecule has 1 aromatic rings.